The molecule has 1 heterocycles. The molecule has 1 saturated carbocycles. The number of benzene rings is 1. The normalized spacial score (nSPS) is 16.1. The number of anilines is 1. The number of nitrogens with two attached hydrogens (primary N) is 1. The van der Waals surface area contributed by atoms with Crippen molar-refractivity contribution in [3.63, 3.8) is 0 Å². The monoisotopic (exact) mass is 322 g/mol. The molecule has 1 aliphatic carbocycles. The number of nitrogens with zero attached hydrogens (tertiary/aromatic N) is 2. The molecule has 0 bridgehead atoms. The van der Waals surface area contributed by atoms with Crippen molar-refractivity contribution in [2.75, 3.05) is 5.32 Å². The van der Waals surface area contributed by atoms with Gasteiger partial charge in [0.15, 0.2) is 5.82 Å². The van der Waals surface area contributed by atoms with Crippen LogP contribution in [0.15, 0.2) is 28.8 Å². The van der Waals surface area contributed by atoms with Gasteiger partial charge in [0, 0.05) is 18.2 Å². The van der Waals surface area contributed by atoms with Crippen LogP contribution in [0, 0.1) is 0 Å². The molecule has 0 aliphatic heterocycles. The first kappa shape index (κ1) is 16.5. The van der Waals surface area contributed by atoms with Crippen LogP contribution in [0.3, 0.4) is 0 Å². The van der Waals surface area contributed by atoms with Crippen LogP contribution in [0.5, 0.6) is 0 Å². The lowest BCUT2D eigenvalue weighted by Crippen LogP contribution is -2.34. The minimum absolute atomic E-state index is 0. The van der Waals surface area contributed by atoms with Crippen LogP contribution in [0.2, 0.25) is 0 Å². The topological polar surface area (TPSA) is 94.0 Å². The number of aromatic nitrogens is 2. The zero-order valence-corrected chi connectivity index (χ0v) is 13.2. The smallest absolute Gasteiger partial charge is 0.257 e. The molecular formula is C15H19ClN4O2. The van der Waals surface area contributed by atoms with Crippen molar-refractivity contribution in [2.24, 2.45) is 5.73 Å². The molecule has 7 heteroatoms. The second-order valence-corrected chi connectivity index (χ2v) is 5.54. The Labute approximate surface area is 134 Å². The fourth-order valence-electron chi connectivity index (χ4n) is 2.67. The fourth-order valence-corrected chi connectivity index (χ4v) is 2.67. The lowest BCUT2D eigenvalue weighted by Gasteiger charge is -2.17. The number of halogens is 1. The number of nitrogens with one attached hydrogen (secondary N) is 1. The van der Waals surface area contributed by atoms with Crippen molar-refractivity contribution in [3.8, 4) is 11.5 Å². The SMILES string of the molecule is CC(=O)Nc1ccc(-c2nc(C3(N)CCCC3)no2)cc1.Cl. The summed E-state index contributed by atoms with van der Waals surface area (Å²) in [5.74, 6) is 0.936. The van der Waals surface area contributed by atoms with Gasteiger partial charge in [0.1, 0.15) is 0 Å². The second-order valence-electron chi connectivity index (χ2n) is 5.54. The van der Waals surface area contributed by atoms with Crippen molar-refractivity contribution >= 4 is 24.0 Å². The van der Waals surface area contributed by atoms with Gasteiger partial charge in [-0.1, -0.05) is 18.0 Å². The van der Waals surface area contributed by atoms with Crippen LogP contribution in [0.4, 0.5) is 5.69 Å². The number of rotatable bonds is 3. The van der Waals surface area contributed by atoms with E-state index < -0.39 is 5.54 Å². The molecule has 3 rings (SSSR count). The highest BCUT2D eigenvalue weighted by Gasteiger charge is 2.36. The fraction of sp³-hybridized carbons (Fsp3) is 0.400. The molecule has 118 valence electrons. The zero-order chi connectivity index (χ0) is 14.9. The summed E-state index contributed by atoms with van der Waals surface area (Å²) in [6, 6.07) is 7.27. The lowest BCUT2D eigenvalue weighted by molar-refractivity contribution is -0.114. The van der Waals surface area contributed by atoms with E-state index in [0.29, 0.717) is 11.7 Å². The average molecular weight is 323 g/mol. The maximum absolute atomic E-state index is 11.0. The van der Waals surface area contributed by atoms with E-state index in [9.17, 15) is 4.79 Å². The van der Waals surface area contributed by atoms with Gasteiger partial charge in [0.25, 0.3) is 5.89 Å². The Morgan fingerprint density at radius 1 is 1.27 bits per heavy atom. The maximum atomic E-state index is 11.0. The van der Waals surface area contributed by atoms with Gasteiger partial charge in [-0.2, -0.15) is 4.98 Å². The average Bonchev–Trinajstić information content (AvgIpc) is 3.09. The van der Waals surface area contributed by atoms with Crippen LogP contribution in [-0.2, 0) is 10.3 Å². The van der Waals surface area contributed by atoms with E-state index in [1.54, 1.807) is 12.1 Å². The van der Waals surface area contributed by atoms with Gasteiger partial charge in [0.2, 0.25) is 5.91 Å². The third kappa shape index (κ3) is 3.28. The molecule has 1 aliphatic rings. The van der Waals surface area contributed by atoms with E-state index in [0.717, 1.165) is 36.9 Å². The number of hydrogen-bond donors (Lipinski definition) is 2. The Kier molecular flexibility index (Phi) is 4.83. The van der Waals surface area contributed by atoms with Gasteiger partial charge in [-0.15, -0.1) is 12.4 Å². The third-order valence-electron chi connectivity index (χ3n) is 3.82. The van der Waals surface area contributed by atoms with E-state index in [2.05, 4.69) is 15.5 Å². The molecule has 1 aromatic heterocycles. The first-order valence-corrected chi connectivity index (χ1v) is 7.08. The molecule has 0 atom stereocenters. The van der Waals surface area contributed by atoms with Gasteiger partial charge in [-0.25, -0.2) is 0 Å². The Hall–Kier alpha value is -1.92. The molecule has 0 unspecified atom stereocenters. The van der Waals surface area contributed by atoms with Crippen LogP contribution in [-0.4, -0.2) is 16.0 Å². The van der Waals surface area contributed by atoms with Gasteiger partial charge in [-0.3, -0.25) is 4.79 Å². The number of carbonyl (C=O) groups excluding carboxylic acids is 1. The summed E-state index contributed by atoms with van der Waals surface area (Å²) in [6.07, 6.45) is 4.00. The first-order chi connectivity index (χ1) is 10.1. The van der Waals surface area contributed by atoms with Crippen LogP contribution >= 0.6 is 12.4 Å². The first-order valence-electron chi connectivity index (χ1n) is 7.08. The van der Waals surface area contributed by atoms with Crippen molar-refractivity contribution in [3.05, 3.63) is 30.1 Å². The van der Waals surface area contributed by atoms with Crippen LogP contribution in [0.1, 0.15) is 38.4 Å². The number of amides is 1. The van der Waals surface area contributed by atoms with E-state index >= 15 is 0 Å². The van der Waals surface area contributed by atoms with Crippen molar-refractivity contribution in [1.82, 2.24) is 10.1 Å². The zero-order valence-electron chi connectivity index (χ0n) is 12.3. The van der Waals surface area contributed by atoms with E-state index in [4.69, 9.17) is 10.3 Å². The summed E-state index contributed by atoms with van der Waals surface area (Å²) < 4.78 is 5.32. The van der Waals surface area contributed by atoms with Crippen molar-refractivity contribution < 1.29 is 9.32 Å². The Morgan fingerprint density at radius 2 is 1.91 bits per heavy atom. The largest absolute Gasteiger partial charge is 0.334 e. The van der Waals surface area contributed by atoms with Crippen molar-refractivity contribution in [2.45, 2.75) is 38.1 Å². The highest BCUT2D eigenvalue weighted by atomic mass is 35.5. The molecule has 6 nitrogen and oxygen atoms in total. The van der Waals surface area contributed by atoms with E-state index in [-0.39, 0.29) is 18.3 Å². The van der Waals surface area contributed by atoms with Crippen LogP contribution in [0.25, 0.3) is 11.5 Å². The summed E-state index contributed by atoms with van der Waals surface area (Å²) in [5.41, 5.74) is 7.41. The molecule has 0 radical (unpaired) electrons. The molecular weight excluding hydrogens is 304 g/mol. The van der Waals surface area contributed by atoms with Gasteiger partial charge < -0.3 is 15.6 Å². The third-order valence-corrected chi connectivity index (χ3v) is 3.82. The summed E-state index contributed by atoms with van der Waals surface area (Å²) in [7, 11) is 0. The minimum Gasteiger partial charge on any atom is -0.334 e. The molecule has 2 aromatic rings. The predicted octanol–water partition coefficient (Wildman–Crippen LogP) is 2.84. The van der Waals surface area contributed by atoms with E-state index in [1.165, 1.54) is 6.92 Å². The Morgan fingerprint density at radius 3 is 2.50 bits per heavy atom. The number of carbonyl (C=O) groups is 1. The van der Waals surface area contributed by atoms with Gasteiger partial charge in [0.05, 0.1) is 5.54 Å². The van der Waals surface area contributed by atoms with Gasteiger partial charge >= 0.3 is 0 Å². The van der Waals surface area contributed by atoms with Crippen LogP contribution < -0.4 is 11.1 Å². The summed E-state index contributed by atoms with van der Waals surface area (Å²) >= 11 is 0. The maximum Gasteiger partial charge on any atom is 0.257 e. The Balaban J connectivity index is 0.00000176. The lowest BCUT2D eigenvalue weighted by atomic mass is 9.99. The van der Waals surface area contributed by atoms with E-state index in [1.807, 2.05) is 12.1 Å². The summed E-state index contributed by atoms with van der Waals surface area (Å²) in [5, 5.41) is 6.75. The van der Waals surface area contributed by atoms with Crippen molar-refractivity contribution in [1.29, 1.82) is 0 Å². The number of hydrogen-bond acceptors (Lipinski definition) is 5. The molecule has 1 aromatic carbocycles. The predicted molar refractivity (Wildman–Crippen MR) is 85.6 cm³/mol. The quantitative estimate of drug-likeness (QED) is 0.906. The summed E-state index contributed by atoms with van der Waals surface area (Å²) in [4.78, 5) is 15.4. The molecule has 0 saturated heterocycles. The molecule has 22 heavy (non-hydrogen) atoms. The Bertz CT molecular complexity index is 648. The minimum atomic E-state index is -0.447. The summed E-state index contributed by atoms with van der Waals surface area (Å²) in [6.45, 7) is 1.47. The molecule has 3 N–H and O–H groups in total. The molecule has 1 fully saturated rings. The second kappa shape index (κ2) is 6.46. The highest BCUT2D eigenvalue weighted by molar-refractivity contribution is 5.88. The molecule has 0 spiro atoms. The molecule has 1 amide bonds. The highest BCUT2D eigenvalue weighted by Crippen LogP contribution is 2.35. The van der Waals surface area contributed by atoms with Gasteiger partial charge in [-0.05, 0) is 37.1 Å². The standard InChI is InChI=1S/C15H18N4O2.ClH/c1-10(20)17-12-6-4-11(5-7-12)13-18-14(19-21-13)15(16)8-2-3-9-15;/h4-7H,2-3,8-9,16H2,1H3,(H,17,20);1H.